The Morgan fingerprint density at radius 1 is 1.17 bits per heavy atom. The van der Waals surface area contributed by atoms with Crippen molar-refractivity contribution >= 4 is 15.7 Å². The van der Waals surface area contributed by atoms with Gasteiger partial charge in [-0.2, -0.15) is 9.78 Å². The Kier molecular flexibility index (Phi) is 5.73. The van der Waals surface area contributed by atoms with E-state index >= 15 is 0 Å². The molecule has 0 radical (unpaired) electrons. The van der Waals surface area contributed by atoms with Gasteiger partial charge in [0.15, 0.2) is 21.5 Å². The van der Waals surface area contributed by atoms with Gasteiger partial charge in [-0.15, -0.1) is 10.2 Å². The standard InChI is InChI=1S/C19H24N8O2S/c1-25(16-5-4-12-26(13-16)18-6-3-11-20-21-18)14-19-22-23-24-27(19)15-7-9-17(10-8-15)30(2,28)29/h3,6-11,16H,4-5,12-14H2,1-2H3/t16-/m1/s1. The molecule has 0 N–H and O–H groups in total. The minimum atomic E-state index is -3.24. The van der Waals surface area contributed by atoms with E-state index in [0.29, 0.717) is 18.4 Å². The van der Waals surface area contributed by atoms with Crippen LogP contribution in [0.3, 0.4) is 0 Å². The molecule has 3 aromatic rings. The van der Waals surface area contributed by atoms with Crippen molar-refractivity contribution in [2.24, 2.45) is 0 Å². The first-order valence-corrected chi connectivity index (χ1v) is 11.6. The van der Waals surface area contributed by atoms with Gasteiger partial charge in [0.2, 0.25) is 0 Å². The molecule has 1 aliphatic heterocycles. The van der Waals surface area contributed by atoms with Crippen LogP contribution in [-0.2, 0) is 16.4 Å². The highest BCUT2D eigenvalue weighted by Crippen LogP contribution is 2.21. The SMILES string of the molecule is CN(Cc1nnnn1-c1ccc(S(C)(=O)=O)cc1)[C@@H]1CCCN(c2cccnn2)C1. The van der Waals surface area contributed by atoms with Crippen LogP contribution in [-0.4, -0.2) is 76.2 Å². The molecule has 1 aromatic carbocycles. The van der Waals surface area contributed by atoms with Crippen LogP contribution in [0, 0.1) is 0 Å². The van der Waals surface area contributed by atoms with Crippen molar-refractivity contribution in [2.45, 2.75) is 30.3 Å². The molecule has 0 unspecified atom stereocenters. The average molecular weight is 429 g/mol. The summed E-state index contributed by atoms with van der Waals surface area (Å²) in [5, 5.41) is 20.3. The number of benzene rings is 1. The molecular formula is C19H24N8O2S. The Labute approximate surface area is 175 Å². The molecule has 0 saturated carbocycles. The fourth-order valence-electron chi connectivity index (χ4n) is 3.68. The fourth-order valence-corrected chi connectivity index (χ4v) is 4.31. The molecule has 11 heteroatoms. The maximum absolute atomic E-state index is 11.7. The van der Waals surface area contributed by atoms with Gasteiger partial charge < -0.3 is 4.90 Å². The highest BCUT2D eigenvalue weighted by molar-refractivity contribution is 7.90. The van der Waals surface area contributed by atoms with E-state index in [0.717, 1.165) is 37.4 Å². The predicted molar refractivity (Wildman–Crippen MR) is 111 cm³/mol. The third-order valence-corrected chi connectivity index (χ3v) is 6.46. The molecule has 30 heavy (non-hydrogen) atoms. The van der Waals surface area contributed by atoms with E-state index in [9.17, 15) is 8.42 Å². The summed E-state index contributed by atoms with van der Waals surface area (Å²) in [6.45, 7) is 2.40. The summed E-state index contributed by atoms with van der Waals surface area (Å²) in [6, 6.07) is 10.8. The highest BCUT2D eigenvalue weighted by atomic mass is 32.2. The zero-order valence-electron chi connectivity index (χ0n) is 17.0. The lowest BCUT2D eigenvalue weighted by atomic mass is 10.0. The van der Waals surface area contributed by atoms with Crippen LogP contribution in [0.15, 0.2) is 47.5 Å². The fraction of sp³-hybridized carbons (Fsp3) is 0.421. The predicted octanol–water partition coefficient (Wildman–Crippen LogP) is 0.957. The first-order valence-electron chi connectivity index (χ1n) is 9.72. The lowest BCUT2D eigenvalue weighted by molar-refractivity contribution is 0.201. The third-order valence-electron chi connectivity index (χ3n) is 5.34. The number of sulfone groups is 1. The maximum atomic E-state index is 11.7. The Bertz CT molecular complexity index is 1090. The van der Waals surface area contributed by atoms with E-state index in [2.05, 4.69) is 42.6 Å². The molecule has 1 saturated heterocycles. The second-order valence-corrected chi connectivity index (χ2v) is 9.53. The van der Waals surface area contributed by atoms with Gasteiger partial charge in [0.1, 0.15) is 0 Å². The first kappa shape index (κ1) is 20.4. The minimum Gasteiger partial charge on any atom is -0.354 e. The second kappa shape index (κ2) is 8.44. The average Bonchev–Trinajstić information content (AvgIpc) is 3.22. The van der Waals surface area contributed by atoms with E-state index in [-0.39, 0.29) is 4.90 Å². The molecule has 0 aliphatic carbocycles. The van der Waals surface area contributed by atoms with Crippen LogP contribution < -0.4 is 4.90 Å². The summed E-state index contributed by atoms with van der Waals surface area (Å²) in [5.74, 6) is 1.59. The van der Waals surface area contributed by atoms with E-state index < -0.39 is 9.84 Å². The van der Waals surface area contributed by atoms with E-state index in [1.165, 1.54) is 6.26 Å². The second-order valence-electron chi connectivity index (χ2n) is 7.51. The van der Waals surface area contributed by atoms with Gasteiger partial charge >= 0.3 is 0 Å². The van der Waals surface area contributed by atoms with Gasteiger partial charge in [-0.3, -0.25) is 4.90 Å². The van der Waals surface area contributed by atoms with Gasteiger partial charge in [-0.1, -0.05) is 0 Å². The van der Waals surface area contributed by atoms with Crippen LogP contribution in [0.25, 0.3) is 5.69 Å². The Morgan fingerprint density at radius 3 is 2.67 bits per heavy atom. The number of rotatable bonds is 6. The molecule has 4 rings (SSSR count). The third kappa shape index (κ3) is 4.46. The molecule has 1 fully saturated rings. The molecule has 1 aliphatic rings. The van der Waals surface area contributed by atoms with Gasteiger partial charge in [0, 0.05) is 31.6 Å². The van der Waals surface area contributed by atoms with Crippen molar-refractivity contribution in [1.82, 2.24) is 35.3 Å². The van der Waals surface area contributed by atoms with Crippen molar-refractivity contribution in [3.8, 4) is 5.69 Å². The summed E-state index contributed by atoms with van der Waals surface area (Å²) < 4.78 is 25.0. The minimum absolute atomic E-state index is 0.268. The first-order chi connectivity index (χ1) is 14.4. The molecule has 2 aromatic heterocycles. The summed E-state index contributed by atoms with van der Waals surface area (Å²) in [7, 11) is -1.18. The monoisotopic (exact) mass is 428 g/mol. The van der Waals surface area contributed by atoms with Gasteiger partial charge in [0.25, 0.3) is 0 Å². The van der Waals surface area contributed by atoms with Crippen molar-refractivity contribution in [3.05, 3.63) is 48.4 Å². The smallest absolute Gasteiger partial charge is 0.175 e. The Balaban J connectivity index is 1.47. The molecule has 158 valence electrons. The van der Waals surface area contributed by atoms with Gasteiger partial charge in [0.05, 0.1) is 17.1 Å². The summed E-state index contributed by atoms with van der Waals surface area (Å²) in [4.78, 5) is 4.77. The van der Waals surface area contributed by atoms with E-state index in [1.54, 1.807) is 35.1 Å². The maximum Gasteiger partial charge on any atom is 0.175 e. The van der Waals surface area contributed by atoms with Crippen LogP contribution in [0.5, 0.6) is 0 Å². The van der Waals surface area contributed by atoms with E-state index in [1.807, 2.05) is 12.1 Å². The summed E-state index contributed by atoms with van der Waals surface area (Å²) in [5.41, 5.74) is 0.723. The van der Waals surface area contributed by atoms with Crippen molar-refractivity contribution in [1.29, 1.82) is 0 Å². The molecule has 0 amide bonds. The molecule has 3 heterocycles. The Morgan fingerprint density at radius 2 is 1.97 bits per heavy atom. The summed E-state index contributed by atoms with van der Waals surface area (Å²) >= 11 is 0. The molecule has 0 bridgehead atoms. The number of piperidine rings is 1. The quantitative estimate of drug-likeness (QED) is 0.567. The number of likely N-dealkylation sites (N-methyl/N-ethyl adjacent to an activating group) is 1. The van der Waals surface area contributed by atoms with Crippen LogP contribution in [0.4, 0.5) is 5.82 Å². The largest absolute Gasteiger partial charge is 0.354 e. The number of aromatic nitrogens is 6. The van der Waals surface area contributed by atoms with Crippen molar-refractivity contribution < 1.29 is 8.42 Å². The molecule has 1 atom stereocenters. The molecule has 10 nitrogen and oxygen atoms in total. The molecule has 0 spiro atoms. The number of tetrazole rings is 1. The zero-order valence-corrected chi connectivity index (χ0v) is 17.8. The topological polar surface area (TPSA) is 110 Å². The number of nitrogens with zero attached hydrogens (tertiary/aromatic N) is 8. The Hall–Kier alpha value is -2.92. The summed E-state index contributed by atoms with van der Waals surface area (Å²) in [6.07, 6.45) is 5.02. The number of hydrogen-bond donors (Lipinski definition) is 0. The number of hydrogen-bond acceptors (Lipinski definition) is 9. The lowest BCUT2D eigenvalue weighted by Gasteiger charge is -2.37. The highest BCUT2D eigenvalue weighted by Gasteiger charge is 2.25. The lowest BCUT2D eigenvalue weighted by Crippen LogP contribution is -2.46. The van der Waals surface area contributed by atoms with Crippen molar-refractivity contribution in [3.63, 3.8) is 0 Å². The van der Waals surface area contributed by atoms with Crippen molar-refractivity contribution in [2.75, 3.05) is 31.3 Å². The van der Waals surface area contributed by atoms with Gasteiger partial charge in [-0.25, -0.2) is 8.42 Å². The van der Waals surface area contributed by atoms with Crippen LogP contribution >= 0.6 is 0 Å². The zero-order chi connectivity index (χ0) is 21.1. The normalized spacial score (nSPS) is 17.4. The van der Waals surface area contributed by atoms with Crippen LogP contribution in [0.1, 0.15) is 18.7 Å². The number of anilines is 1. The van der Waals surface area contributed by atoms with E-state index in [4.69, 9.17) is 0 Å². The van der Waals surface area contributed by atoms with Crippen LogP contribution in [0.2, 0.25) is 0 Å². The molecular weight excluding hydrogens is 404 g/mol. The van der Waals surface area contributed by atoms with Gasteiger partial charge in [-0.05, 0) is 66.7 Å².